The number of amides is 1. The molecule has 2 N–H and O–H groups in total. The summed E-state index contributed by atoms with van der Waals surface area (Å²) in [6, 6.07) is 13.6. The van der Waals surface area contributed by atoms with Crippen LogP contribution in [-0.2, 0) is 10.0 Å². The van der Waals surface area contributed by atoms with Gasteiger partial charge in [-0.2, -0.15) is 0 Å². The van der Waals surface area contributed by atoms with Crippen molar-refractivity contribution >= 4 is 37.5 Å². The Balaban J connectivity index is 1.67. The van der Waals surface area contributed by atoms with Crippen molar-refractivity contribution in [3.05, 3.63) is 58.6 Å². The maximum atomic E-state index is 12.7. The Morgan fingerprint density at radius 1 is 1.10 bits per heavy atom. The fourth-order valence-electron chi connectivity index (χ4n) is 3.37. The van der Waals surface area contributed by atoms with Crippen LogP contribution in [0, 0.1) is 0 Å². The highest BCUT2D eigenvalue weighted by molar-refractivity contribution is 9.10. The summed E-state index contributed by atoms with van der Waals surface area (Å²) < 4.78 is 28.8. The first-order valence-electron chi connectivity index (χ1n) is 9.68. The summed E-state index contributed by atoms with van der Waals surface area (Å²) >= 11 is 3.32. The number of carbonyl (C=O) groups excluding carboxylic acids is 1. The Kier molecular flexibility index (Phi) is 6.97. The number of sulfonamides is 1. The zero-order valence-electron chi connectivity index (χ0n) is 16.6. The van der Waals surface area contributed by atoms with Gasteiger partial charge in [0.05, 0.1) is 4.90 Å². The maximum Gasteiger partial charge on any atom is 0.261 e. The number of nitrogens with zero attached hydrogens (tertiary/aromatic N) is 1. The average Bonchev–Trinajstić information content (AvgIpc) is 2.70. The Morgan fingerprint density at radius 3 is 2.38 bits per heavy atom. The van der Waals surface area contributed by atoms with Crippen molar-refractivity contribution in [1.29, 1.82) is 0 Å². The molecule has 2 aromatic carbocycles. The minimum Gasteiger partial charge on any atom is -0.349 e. The number of hydrogen-bond acceptors (Lipinski definition) is 4. The van der Waals surface area contributed by atoms with E-state index >= 15 is 0 Å². The highest BCUT2D eigenvalue weighted by Crippen LogP contribution is 2.20. The SMILES string of the molecule is CC(C)N1CCC(NC(=O)c2cccc(S(=O)(=O)Nc3ccc(Br)cc3)c2)CC1. The van der Waals surface area contributed by atoms with Gasteiger partial charge in [-0.25, -0.2) is 8.42 Å². The molecule has 0 unspecified atom stereocenters. The van der Waals surface area contributed by atoms with Gasteiger partial charge in [-0.15, -0.1) is 0 Å². The quantitative estimate of drug-likeness (QED) is 0.659. The van der Waals surface area contributed by atoms with Crippen LogP contribution in [0.15, 0.2) is 57.9 Å². The number of benzene rings is 2. The smallest absolute Gasteiger partial charge is 0.261 e. The third kappa shape index (κ3) is 5.81. The number of hydrogen-bond donors (Lipinski definition) is 2. The predicted octanol–water partition coefficient (Wildman–Crippen LogP) is 3.85. The first-order chi connectivity index (χ1) is 13.7. The molecule has 2 aromatic rings. The molecule has 0 aromatic heterocycles. The molecule has 1 aliphatic heterocycles. The molecular weight excluding hydrogens is 454 g/mol. The zero-order valence-corrected chi connectivity index (χ0v) is 19.0. The fourth-order valence-corrected chi connectivity index (χ4v) is 4.73. The Morgan fingerprint density at radius 2 is 1.76 bits per heavy atom. The van der Waals surface area contributed by atoms with E-state index in [1.807, 2.05) is 0 Å². The molecule has 0 saturated carbocycles. The molecular formula is C21H26BrN3O3S. The number of carbonyl (C=O) groups is 1. The molecule has 0 atom stereocenters. The highest BCUT2D eigenvalue weighted by atomic mass is 79.9. The standard InChI is InChI=1S/C21H26BrN3O3S/c1-15(2)25-12-10-18(11-13-25)23-21(26)16-4-3-5-20(14-16)29(27,28)24-19-8-6-17(22)7-9-19/h3-9,14-15,18,24H,10-13H2,1-2H3,(H,23,26). The van der Waals surface area contributed by atoms with Crippen LogP contribution in [0.3, 0.4) is 0 Å². The van der Waals surface area contributed by atoms with Crippen molar-refractivity contribution in [2.75, 3.05) is 17.8 Å². The van der Waals surface area contributed by atoms with Gasteiger partial charge in [0.25, 0.3) is 15.9 Å². The summed E-state index contributed by atoms with van der Waals surface area (Å²) in [6.07, 6.45) is 1.79. The van der Waals surface area contributed by atoms with Gasteiger partial charge in [0.2, 0.25) is 0 Å². The maximum absolute atomic E-state index is 12.7. The summed E-state index contributed by atoms with van der Waals surface area (Å²) in [6.45, 7) is 6.25. The lowest BCUT2D eigenvalue weighted by molar-refractivity contribution is 0.0900. The van der Waals surface area contributed by atoms with E-state index in [0.717, 1.165) is 30.4 Å². The number of piperidine rings is 1. The first-order valence-corrected chi connectivity index (χ1v) is 12.0. The molecule has 1 heterocycles. The van der Waals surface area contributed by atoms with E-state index in [1.54, 1.807) is 36.4 Å². The number of halogens is 1. The van der Waals surface area contributed by atoms with E-state index < -0.39 is 10.0 Å². The van der Waals surface area contributed by atoms with E-state index in [0.29, 0.717) is 17.3 Å². The molecule has 0 bridgehead atoms. The second kappa shape index (κ2) is 9.28. The Hall–Kier alpha value is -1.90. The summed E-state index contributed by atoms with van der Waals surface area (Å²) in [7, 11) is -3.78. The van der Waals surface area contributed by atoms with E-state index in [2.05, 4.69) is 44.7 Å². The second-order valence-corrected chi connectivity index (χ2v) is 10.1. The van der Waals surface area contributed by atoms with Gasteiger partial charge in [-0.05, 0) is 69.2 Å². The third-order valence-electron chi connectivity index (χ3n) is 5.10. The van der Waals surface area contributed by atoms with Crippen LogP contribution < -0.4 is 10.0 Å². The van der Waals surface area contributed by atoms with Crippen LogP contribution >= 0.6 is 15.9 Å². The monoisotopic (exact) mass is 479 g/mol. The van der Waals surface area contributed by atoms with Crippen molar-refractivity contribution < 1.29 is 13.2 Å². The van der Waals surface area contributed by atoms with Gasteiger partial charge in [0.15, 0.2) is 0 Å². The van der Waals surface area contributed by atoms with Gasteiger partial charge >= 0.3 is 0 Å². The molecule has 0 aliphatic carbocycles. The average molecular weight is 480 g/mol. The van der Waals surface area contributed by atoms with Crippen LogP contribution in [0.2, 0.25) is 0 Å². The molecule has 0 spiro atoms. The minimum atomic E-state index is -3.78. The molecule has 0 radical (unpaired) electrons. The topological polar surface area (TPSA) is 78.5 Å². The molecule has 3 rings (SSSR count). The van der Waals surface area contributed by atoms with Crippen molar-refractivity contribution in [1.82, 2.24) is 10.2 Å². The van der Waals surface area contributed by atoms with Gasteiger partial charge in [0, 0.05) is 40.9 Å². The number of likely N-dealkylation sites (tertiary alicyclic amines) is 1. The van der Waals surface area contributed by atoms with Crippen LogP contribution in [0.5, 0.6) is 0 Å². The van der Waals surface area contributed by atoms with E-state index in [-0.39, 0.29) is 16.8 Å². The fraction of sp³-hybridized carbons (Fsp3) is 0.381. The lowest BCUT2D eigenvalue weighted by Gasteiger charge is -2.34. The predicted molar refractivity (Wildman–Crippen MR) is 119 cm³/mol. The summed E-state index contributed by atoms with van der Waals surface area (Å²) in [4.78, 5) is 15.1. The molecule has 1 fully saturated rings. The van der Waals surface area contributed by atoms with Crippen LogP contribution in [-0.4, -0.2) is 44.4 Å². The molecule has 156 valence electrons. The molecule has 1 aliphatic rings. The Labute approximate surface area is 180 Å². The summed E-state index contributed by atoms with van der Waals surface area (Å²) in [5.74, 6) is -0.242. The normalized spacial score (nSPS) is 16.0. The van der Waals surface area contributed by atoms with E-state index in [1.165, 1.54) is 12.1 Å². The summed E-state index contributed by atoms with van der Waals surface area (Å²) in [5, 5.41) is 3.04. The minimum absolute atomic E-state index is 0.0581. The van der Waals surface area contributed by atoms with E-state index in [4.69, 9.17) is 0 Å². The lowest BCUT2D eigenvalue weighted by Crippen LogP contribution is -2.46. The van der Waals surface area contributed by atoms with Gasteiger partial charge in [-0.3, -0.25) is 9.52 Å². The molecule has 8 heteroatoms. The number of anilines is 1. The lowest BCUT2D eigenvalue weighted by atomic mass is 10.0. The van der Waals surface area contributed by atoms with Crippen molar-refractivity contribution in [3.8, 4) is 0 Å². The zero-order chi connectivity index (χ0) is 21.0. The van der Waals surface area contributed by atoms with Crippen molar-refractivity contribution in [2.24, 2.45) is 0 Å². The van der Waals surface area contributed by atoms with Gasteiger partial charge < -0.3 is 10.2 Å². The largest absolute Gasteiger partial charge is 0.349 e. The van der Waals surface area contributed by atoms with Crippen LogP contribution in [0.1, 0.15) is 37.0 Å². The van der Waals surface area contributed by atoms with Crippen molar-refractivity contribution in [2.45, 2.75) is 43.7 Å². The van der Waals surface area contributed by atoms with Crippen LogP contribution in [0.25, 0.3) is 0 Å². The van der Waals surface area contributed by atoms with Crippen molar-refractivity contribution in [3.63, 3.8) is 0 Å². The molecule has 1 saturated heterocycles. The van der Waals surface area contributed by atoms with E-state index in [9.17, 15) is 13.2 Å². The highest BCUT2D eigenvalue weighted by Gasteiger charge is 2.23. The second-order valence-electron chi connectivity index (χ2n) is 7.52. The first kappa shape index (κ1) is 21.8. The Bertz CT molecular complexity index is 953. The van der Waals surface area contributed by atoms with Gasteiger partial charge in [0.1, 0.15) is 0 Å². The third-order valence-corrected chi connectivity index (χ3v) is 7.01. The van der Waals surface area contributed by atoms with Gasteiger partial charge in [-0.1, -0.05) is 22.0 Å². The number of rotatable bonds is 6. The molecule has 29 heavy (non-hydrogen) atoms. The molecule has 6 nitrogen and oxygen atoms in total. The number of nitrogens with one attached hydrogen (secondary N) is 2. The molecule has 1 amide bonds. The summed E-state index contributed by atoms with van der Waals surface area (Å²) in [5.41, 5.74) is 0.801. The van der Waals surface area contributed by atoms with Crippen LogP contribution in [0.4, 0.5) is 5.69 Å².